The number of nitriles is 1. The third-order valence-corrected chi connectivity index (χ3v) is 7.28. The Hall–Kier alpha value is -2.80. The maximum absolute atomic E-state index is 13.4. The molecule has 0 fully saturated rings. The lowest BCUT2D eigenvalue weighted by Gasteiger charge is -2.22. The first-order chi connectivity index (χ1) is 15.6. The second kappa shape index (κ2) is 10.4. The highest BCUT2D eigenvalue weighted by molar-refractivity contribution is 7.89. The lowest BCUT2D eigenvalue weighted by molar-refractivity contribution is -0.114. The summed E-state index contributed by atoms with van der Waals surface area (Å²) in [5.74, 6) is -0.443. The first-order valence-electron chi connectivity index (χ1n) is 9.30. The van der Waals surface area contributed by atoms with Crippen LogP contribution in [-0.2, 0) is 27.9 Å². The molecule has 1 heterocycles. The molecule has 0 saturated carbocycles. The van der Waals surface area contributed by atoms with Gasteiger partial charge < -0.3 is 10.2 Å². The molecule has 2 N–H and O–H groups in total. The van der Waals surface area contributed by atoms with Gasteiger partial charge in [0.05, 0.1) is 21.5 Å². The van der Waals surface area contributed by atoms with Crippen LogP contribution in [0.5, 0.6) is 0 Å². The Bertz CT molecular complexity index is 1360. The Kier molecular flexibility index (Phi) is 7.84. The number of amides is 1. The second-order valence-corrected chi connectivity index (χ2v) is 10.0. The zero-order chi connectivity index (χ0) is 24.2. The number of halogens is 3. The molecule has 0 spiro atoms. The van der Waals surface area contributed by atoms with E-state index < -0.39 is 15.9 Å². The van der Waals surface area contributed by atoms with Crippen LogP contribution in [0.4, 0.5) is 0 Å². The zero-order valence-electron chi connectivity index (χ0n) is 16.8. The van der Waals surface area contributed by atoms with Gasteiger partial charge in [-0.3, -0.25) is 4.79 Å². The molecule has 7 nitrogen and oxygen atoms in total. The van der Waals surface area contributed by atoms with Crippen molar-refractivity contribution in [3.63, 3.8) is 0 Å². The molecule has 0 aliphatic carbocycles. The first-order valence-corrected chi connectivity index (χ1v) is 11.9. The minimum Gasteiger partial charge on any atom is -0.460 e. The molecule has 1 amide bonds. The summed E-state index contributed by atoms with van der Waals surface area (Å²) in [6.07, 6.45) is 1.18. The van der Waals surface area contributed by atoms with E-state index in [4.69, 9.17) is 50.2 Å². The van der Waals surface area contributed by atoms with E-state index in [1.54, 1.807) is 30.3 Å². The van der Waals surface area contributed by atoms with Crippen LogP contribution in [0.3, 0.4) is 0 Å². The Balaban J connectivity index is 1.97. The summed E-state index contributed by atoms with van der Waals surface area (Å²) < 4.78 is 33.6. The number of carbonyl (C=O) groups excluding carboxylic acids is 1. The van der Waals surface area contributed by atoms with Gasteiger partial charge in [0.15, 0.2) is 0 Å². The summed E-state index contributed by atoms with van der Waals surface area (Å²) in [7, 11) is -3.97. The molecule has 170 valence electrons. The number of benzene rings is 2. The van der Waals surface area contributed by atoms with Gasteiger partial charge in [-0.1, -0.05) is 40.9 Å². The lowest BCUT2D eigenvalue weighted by Crippen LogP contribution is -2.30. The van der Waals surface area contributed by atoms with Crippen molar-refractivity contribution in [2.45, 2.75) is 18.0 Å². The SMILES string of the molecule is N#C/C(=C/c1ccc(CN(Cc2ccc(Cl)c(Cl)c2)S(=O)(=O)c2ccc(Cl)cc2)o1)C(N)=O. The topological polar surface area (TPSA) is 117 Å². The van der Waals surface area contributed by atoms with E-state index >= 15 is 0 Å². The van der Waals surface area contributed by atoms with E-state index in [9.17, 15) is 13.2 Å². The lowest BCUT2D eigenvalue weighted by atomic mass is 10.2. The molecular weight excluding hydrogens is 509 g/mol. The maximum atomic E-state index is 13.4. The fourth-order valence-electron chi connectivity index (χ4n) is 2.85. The largest absolute Gasteiger partial charge is 0.460 e. The van der Waals surface area contributed by atoms with Crippen LogP contribution in [0.25, 0.3) is 6.08 Å². The predicted molar refractivity (Wildman–Crippen MR) is 126 cm³/mol. The van der Waals surface area contributed by atoms with Crippen molar-refractivity contribution in [2.75, 3.05) is 0 Å². The number of nitrogens with zero attached hydrogens (tertiary/aromatic N) is 2. The molecule has 33 heavy (non-hydrogen) atoms. The summed E-state index contributed by atoms with van der Waals surface area (Å²) in [5, 5.41) is 10.0. The number of hydrogen-bond donors (Lipinski definition) is 1. The van der Waals surface area contributed by atoms with Crippen molar-refractivity contribution >= 4 is 56.8 Å². The van der Waals surface area contributed by atoms with Crippen molar-refractivity contribution in [1.82, 2.24) is 4.31 Å². The number of nitrogens with two attached hydrogens (primary N) is 1. The van der Waals surface area contributed by atoms with Gasteiger partial charge in [-0.15, -0.1) is 0 Å². The summed E-state index contributed by atoms with van der Waals surface area (Å²) in [6, 6.07) is 15.3. The zero-order valence-corrected chi connectivity index (χ0v) is 19.9. The molecule has 0 aliphatic rings. The van der Waals surface area contributed by atoms with Gasteiger partial charge in [-0.05, 0) is 54.1 Å². The van der Waals surface area contributed by atoms with E-state index in [2.05, 4.69) is 0 Å². The molecule has 0 saturated heterocycles. The standard InChI is InChI=1S/C22H16Cl3N3O4S/c23-16-2-6-19(7-3-16)33(30,31)28(12-14-1-8-20(24)21(25)9-14)13-18-5-4-17(32-18)10-15(11-26)22(27)29/h1-10H,12-13H2,(H2,27,29)/b15-10-. The fourth-order valence-corrected chi connectivity index (χ4v) is 4.70. The number of furan rings is 1. The molecule has 0 aliphatic heterocycles. The molecule has 0 atom stereocenters. The fraction of sp³-hybridized carbons (Fsp3) is 0.0909. The highest BCUT2D eigenvalue weighted by Gasteiger charge is 2.26. The number of rotatable bonds is 8. The Morgan fingerprint density at radius 2 is 1.73 bits per heavy atom. The molecular formula is C22H16Cl3N3O4S. The molecule has 2 aromatic carbocycles. The van der Waals surface area contributed by atoms with Gasteiger partial charge in [-0.2, -0.15) is 9.57 Å². The predicted octanol–water partition coefficient (Wildman–Crippen LogP) is 5.02. The summed E-state index contributed by atoms with van der Waals surface area (Å²) in [5.41, 5.74) is 5.45. The van der Waals surface area contributed by atoms with Crippen molar-refractivity contribution in [3.8, 4) is 6.07 Å². The average Bonchev–Trinajstić information content (AvgIpc) is 3.21. The normalized spacial score (nSPS) is 12.0. The van der Waals surface area contributed by atoms with Crippen molar-refractivity contribution in [3.05, 3.63) is 92.3 Å². The highest BCUT2D eigenvalue weighted by Crippen LogP contribution is 2.27. The van der Waals surface area contributed by atoms with E-state index in [0.717, 1.165) is 0 Å². The Morgan fingerprint density at radius 3 is 2.33 bits per heavy atom. The average molecular weight is 525 g/mol. The smallest absolute Gasteiger partial charge is 0.259 e. The summed E-state index contributed by atoms with van der Waals surface area (Å²) >= 11 is 18.0. The molecule has 3 aromatic rings. The van der Waals surface area contributed by atoms with Crippen molar-refractivity contribution in [1.29, 1.82) is 5.26 Å². The van der Waals surface area contributed by atoms with Crippen molar-refractivity contribution in [2.24, 2.45) is 5.73 Å². The molecule has 3 rings (SSSR count). The number of primary amides is 1. The van der Waals surface area contributed by atoms with Crippen LogP contribution >= 0.6 is 34.8 Å². The van der Waals surface area contributed by atoms with Crippen LogP contribution in [-0.4, -0.2) is 18.6 Å². The van der Waals surface area contributed by atoms with E-state index in [0.29, 0.717) is 20.6 Å². The second-order valence-electron chi connectivity index (χ2n) is 6.81. The molecule has 0 bridgehead atoms. The van der Waals surface area contributed by atoms with Gasteiger partial charge >= 0.3 is 0 Å². The minimum absolute atomic E-state index is 0.0293. The van der Waals surface area contributed by atoms with Gasteiger partial charge in [0.2, 0.25) is 10.0 Å². The monoisotopic (exact) mass is 523 g/mol. The van der Waals surface area contributed by atoms with Crippen molar-refractivity contribution < 1.29 is 17.6 Å². The van der Waals surface area contributed by atoms with Crippen LogP contribution in [0.1, 0.15) is 17.1 Å². The van der Waals surface area contributed by atoms with Gasteiger partial charge in [0, 0.05) is 17.6 Å². The summed E-state index contributed by atoms with van der Waals surface area (Å²) in [4.78, 5) is 11.3. The number of sulfonamides is 1. The van der Waals surface area contributed by atoms with Crippen LogP contribution in [0.2, 0.25) is 15.1 Å². The van der Waals surface area contributed by atoms with Gasteiger partial charge in [-0.25, -0.2) is 8.42 Å². The molecule has 0 radical (unpaired) electrons. The van der Waals surface area contributed by atoms with E-state index in [1.165, 1.54) is 40.7 Å². The Morgan fingerprint density at radius 1 is 1.03 bits per heavy atom. The van der Waals surface area contributed by atoms with Gasteiger partial charge in [0.25, 0.3) is 5.91 Å². The molecule has 0 unspecified atom stereocenters. The maximum Gasteiger partial charge on any atom is 0.259 e. The first kappa shape index (κ1) is 24.8. The van der Waals surface area contributed by atoms with Crippen LogP contribution < -0.4 is 5.73 Å². The Labute approximate surface area is 205 Å². The number of carbonyl (C=O) groups is 1. The third-order valence-electron chi connectivity index (χ3n) is 4.48. The van der Waals surface area contributed by atoms with Crippen LogP contribution in [0, 0.1) is 11.3 Å². The third kappa shape index (κ3) is 6.16. The highest BCUT2D eigenvalue weighted by atomic mass is 35.5. The van der Waals surface area contributed by atoms with Crippen LogP contribution in [0.15, 0.2) is 69.5 Å². The van der Waals surface area contributed by atoms with Gasteiger partial charge in [0.1, 0.15) is 23.2 Å². The van der Waals surface area contributed by atoms with E-state index in [1.807, 2.05) is 0 Å². The summed E-state index contributed by atoms with van der Waals surface area (Å²) in [6.45, 7) is -0.171. The molecule has 11 heteroatoms. The van der Waals surface area contributed by atoms with E-state index in [-0.39, 0.29) is 35.1 Å². The number of hydrogen-bond acceptors (Lipinski definition) is 5. The minimum atomic E-state index is -3.97. The quantitative estimate of drug-likeness (QED) is 0.328. The molecule has 1 aromatic heterocycles.